The van der Waals surface area contributed by atoms with Gasteiger partial charge in [0.05, 0.1) is 19.6 Å². The number of nitrogens with zero attached hydrogens (tertiary/aromatic N) is 2. The molecule has 0 radical (unpaired) electrons. The predicted molar refractivity (Wildman–Crippen MR) is 255 cm³/mol. The van der Waals surface area contributed by atoms with Crippen LogP contribution in [0.15, 0.2) is 136 Å². The van der Waals surface area contributed by atoms with Crippen molar-refractivity contribution in [2.24, 2.45) is 5.73 Å². The van der Waals surface area contributed by atoms with E-state index >= 15 is 0 Å². The first-order valence-corrected chi connectivity index (χ1v) is 22.5. The highest BCUT2D eigenvalue weighted by Gasteiger charge is 2.45. The molecule has 8 heteroatoms. The van der Waals surface area contributed by atoms with Crippen LogP contribution in [0.2, 0.25) is 0 Å². The van der Waals surface area contributed by atoms with Gasteiger partial charge >= 0.3 is 0 Å². The van der Waals surface area contributed by atoms with Crippen LogP contribution >= 0.6 is 11.8 Å². The highest BCUT2D eigenvalue weighted by atomic mass is 32.2. The van der Waals surface area contributed by atoms with E-state index in [1.54, 1.807) is 26.0 Å². The van der Waals surface area contributed by atoms with E-state index in [-0.39, 0.29) is 16.7 Å². The van der Waals surface area contributed by atoms with Gasteiger partial charge in [0.2, 0.25) is 5.69 Å². The second-order valence-corrected chi connectivity index (χ2v) is 18.3. The molecule has 0 unspecified atom stereocenters. The fourth-order valence-corrected chi connectivity index (χ4v) is 11.0. The number of nitrogens with one attached hydrogen (secondary N) is 1. The van der Waals surface area contributed by atoms with Gasteiger partial charge in [0.1, 0.15) is 18.0 Å². The molecule has 1 aliphatic carbocycles. The lowest BCUT2D eigenvalue weighted by molar-refractivity contribution is -0.433. The average Bonchev–Trinajstić information content (AvgIpc) is 3.64. The number of allylic oxidation sites excluding steroid dienone is 7. The number of likely N-dealkylation sites (N-methyl/N-ethyl adjacent to an activating group) is 1. The van der Waals surface area contributed by atoms with Gasteiger partial charge in [0.25, 0.3) is 5.91 Å². The maximum Gasteiger partial charge on any atom is 0.251 e. The number of rotatable bonds is 12. The minimum absolute atomic E-state index is 0.105. The summed E-state index contributed by atoms with van der Waals surface area (Å²) in [6.45, 7) is 16.5. The molecule has 2 aliphatic heterocycles. The molecule has 0 atom stereocenters. The minimum atomic E-state index is -0.218. The average molecular weight is 832 g/mol. The van der Waals surface area contributed by atoms with Crippen LogP contribution in [0.1, 0.15) is 82.3 Å². The van der Waals surface area contributed by atoms with Crippen molar-refractivity contribution in [3.63, 3.8) is 0 Å². The summed E-state index contributed by atoms with van der Waals surface area (Å²) in [5.41, 5.74) is 16.4. The molecule has 0 spiro atoms. The standard InChI is InChI=1S/C53H58N4O3S/c1-9-56-44-26-16-37-32-39(59-7)20-24-42(37)48(44)52(3,4)46(56)28-18-34-12-11-13-35(50(34)61-41-22-14-36(15-23-41)51(58)55-31-30-54)19-29-47-53(5,6)49-43-25-21-40(60-8)33-38(43)17-27-45(49)57(47)10-2/h14-29,32-33H,9-13,30-31,54H2,1-8H3/p+1. The van der Waals surface area contributed by atoms with Gasteiger partial charge in [0.15, 0.2) is 5.71 Å². The van der Waals surface area contributed by atoms with Crippen molar-refractivity contribution >= 4 is 56.3 Å². The zero-order valence-corrected chi connectivity index (χ0v) is 37.8. The monoisotopic (exact) mass is 831 g/mol. The molecule has 0 saturated carbocycles. The van der Waals surface area contributed by atoms with Gasteiger partial charge in [-0.2, -0.15) is 4.58 Å². The van der Waals surface area contributed by atoms with Crippen molar-refractivity contribution in [2.45, 2.75) is 76.5 Å². The van der Waals surface area contributed by atoms with Crippen molar-refractivity contribution < 1.29 is 18.8 Å². The molecule has 5 aromatic carbocycles. The van der Waals surface area contributed by atoms with E-state index in [9.17, 15) is 4.79 Å². The van der Waals surface area contributed by atoms with Gasteiger partial charge in [0, 0.05) is 69.5 Å². The molecule has 3 aliphatic rings. The van der Waals surface area contributed by atoms with Gasteiger partial charge in [-0.15, -0.1) is 0 Å². The Bertz CT molecular complexity index is 2700. The Morgan fingerprint density at radius 3 is 2.13 bits per heavy atom. The molecule has 314 valence electrons. The fraction of sp³-hybridized carbons (Fsp3) is 0.321. The summed E-state index contributed by atoms with van der Waals surface area (Å²) in [5.74, 6) is 1.64. The first kappa shape index (κ1) is 42.1. The lowest BCUT2D eigenvalue weighted by Crippen LogP contribution is -2.28. The van der Waals surface area contributed by atoms with Gasteiger partial charge in [-0.1, -0.05) is 56.0 Å². The number of hydrogen-bond donors (Lipinski definition) is 2. The second kappa shape index (κ2) is 17.1. The van der Waals surface area contributed by atoms with Crippen molar-refractivity contribution in [1.29, 1.82) is 0 Å². The van der Waals surface area contributed by atoms with E-state index in [2.05, 4.69) is 153 Å². The summed E-state index contributed by atoms with van der Waals surface area (Å²) < 4.78 is 13.7. The number of amides is 1. The second-order valence-electron chi connectivity index (χ2n) is 17.2. The van der Waals surface area contributed by atoms with Gasteiger partial charge in [-0.3, -0.25) is 4.79 Å². The van der Waals surface area contributed by atoms with Crippen molar-refractivity contribution in [3.05, 3.63) is 148 Å². The zero-order chi connectivity index (χ0) is 43.1. The van der Waals surface area contributed by atoms with Crippen LogP contribution in [0, 0.1) is 0 Å². The molecule has 2 heterocycles. The molecule has 8 rings (SSSR count). The van der Waals surface area contributed by atoms with E-state index < -0.39 is 0 Å². The minimum Gasteiger partial charge on any atom is -0.497 e. The number of methoxy groups -OCH3 is 2. The van der Waals surface area contributed by atoms with Crippen LogP contribution in [0.3, 0.4) is 0 Å². The van der Waals surface area contributed by atoms with Crippen LogP contribution in [-0.2, 0) is 10.8 Å². The van der Waals surface area contributed by atoms with Crippen molar-refractivity contribution in [2.75, 3.05) is 45.3 Å². The number of nitrogens with two attached hydrogens (primary N) is 1. The number of anilines is 1. The first-order valence-electron chi connectivity index (χ1n) is 21.7. The van der Waals surface area contributed by atoms with Crippen LogP contribution < -0.4 is 25.4 Å². The van der Waals surface area contributed by atoms with E-state index in [0.29, 0.717) is 18.7 Å². The third-order valence-electron chi connectivity index (χ3n) is 12.9. The number of benzene rings is 5. The Hall–Kier alpha value is -5.57. The SMILES string of the molecule is CCN1C(=CC=C2CCCC(C=CC3=[N+](CC)c4ccc5cc(OC)ccc5c4C3(C)C)=C2Sc2ccc(C(=O)NCCN)cc2)C(C)(C)c2c1ccc1cc(OC)ccc21. The molecule has 0 bridgehead atoms. The molecule has 0 saturated heterocycles. The molecule has 61 heavy (non-hydrogen) atoms. The normalized spacial score (nSPS) is 18.2. The highest BCUT2D eigenvalue weighted by molar-refractivity contribution is 8.03. The molecule has 7 nitrogen and oxygen atoms in total. The van der Waals surface area contributed by atoms with Crippen molar-refractivity contribution in [1.82, 2.24) is 5.32 Å². The number of thioether (sulfide) groups is 1. The molecule has 3 N–H and O–H groups in total. The zero-order valence-electron chi connectivity index (χ0n) is 36.9. The molecular weight excluding hydrogens is 773 g/mol. The Labute approximate surface area is 365 Å². The Kier molecular flexibility index (Phi) is 11.8. The quantitative estimate of drug-likeness (QED) is 0.122. The van der Waals surface area contributed by atoms with Gasteiger partial charge in [-0.25, -0.2) is 0 Å². The third-order valence-corrected chi connectivity index (χ3v) is 14.1. The molecule has 5 aromatic rings. The number of hydrogen-bond acceptors (Lipinski definition) is 6. The maximum atomic E-state index is 12.8. The van der Waals surface area contributed by atoms with Crippen LogP contribution in [-0.4, -0.2) is 56.6 Å². The summed E-state index contributed by atoms with van der Waals surface area (Å²) >= 11 is 1.80. The summed E-state index contributed by atoms with van der Waals surface area (Å²) in [6, 6.07) is 29.9. The molecular formula is C53H59N4O3S+. The number of carbonyl (C=O) groups is 1. The molecule has 0 aromatic heterocycles. The summed E-state index contributed by atoms with van der Waals surface area (Å²) in [7, 11) is 3.45. The smallest absolute Gasteiger partial charge is 0.251 e. The summed E-state index contributed by atoms with van der Waals surface area (Å²) in [6.07, 6.45) is 12.6. The van der Waals surface area contributed by atoms with E-state index in [1.165, 1.54) is 71.5 Å². The van der Waals surface area contributed by atoms with Crippen molar-refractivity contribution in [3.8, 4) is 11.5 Å². The number of fused-ring (bicyclic) bond motifs is 6. The maximum absolute atomic E-state index is 12.8. The molecule has 0 fully saturated rings. The van der Waals surface area contributed by atoms with E-state index in [0.717, 1.165) is 48.7 Å². The number of ether oxygens (including phenoxy) is 2. The van der Waals surface area contributed by atoms with Crippen LogP contribution in [0.5, 0.6) is 11.5 Å². The van der Waals surface area contributed by atoms with Crippen LogP contribution in [0.4, 0.5) is 11.4 Å². The fourth-order valence-electron chi connectivity index (χ4n) is 9.87. The first-order chi connectivity index (χ1) is 29.4. The van der Waals surface area contributed by atoms with Gasteiger partial charge in [-0.05, 0) is 152 Å². The number of carbonyl (C=O) groups excluding carboxylic acids is 1. The molecule has 1 amide bonds. The van der Waals surface area contributed by atoms with E-state index in [1.807, 2.05) is 12.1 Å². The lowest BCUT2D eigenvalue weighted by atomic mass is 9.78. The topological polar surface area (TPSA) is 79.8 Å². The summed E-state index contributed by atoms with van der Waals surface area (Å²) in [5, 5.41) is 7.81. The predicted octanol–water partition coefficient (Wildman–Crippen LogP) is 11.5. The Morgan fingerprint density at radius 2 is 1.49 bits per heavy atom. The van der Waals surface area contributed by atoms with Gasteiger partial charge < -0.3 is 25.4 Å². The highest BCUT2D eigenvalue weighted by Crippen LogP contribution is 2.52. The largest absolute Gasteiger partial charge is 0.497 e. The van der Waals surface area contributed by atoms with Crippen LogP contribution in [0.25, 0.3) is 21.5 Å². The van der Waals surface area contributed by atoms with E-state index in [4.69, 9.17) is 15.2 Å². The summed E-state index contributed by atoms with van der Waals surface area (Å²) in [4.78, 5) is 17.6. The third kappa shape index (κ3) is 7.59. The Morgan fingerprint density at radius 1 is 0.820 bits per heavy atom. The Balaban J connectivity index is 1.21. The lowest BCUT2D eigenvalue weighted by Gasteiger charge is -2.27.